The first-order valence-electron chi connectivity index (χ1n) is 5.01. The monoisotopic (exact) mass is 215 g/mol. The zero-order chi connectivity index (χ0) is 11.3. The van der Waals surface area contributed by atoms with Crippen molar-refractivity contribution in [3.8, 4) is 0 Å². The van der Waals surface area contributed by atoms with Crippen molar-refractivity contribution in [2.75, 3.05) is 40.5 Å². The molecule has 1 saturated heterocycles. The van der Waals surface area contributed by atoms with Gasteiger partial charge in [0, 0.05) is 33.2 Å². The molecule has 0 bridgehead atoms. The number of hydrogen-bond acceptors (Lipinski definition) is 5. The number of methoxy groups -OCH3 is 2. The van der Waals surface area contributed by atoms with Gasteiger partial charge in [-0.3, -0.25) is 14.5 Å². The molecule has 1 unspecified atom stereocenters. The molecule has 1 aliphatic rings. The Bertz CT molecular complexity index is 234. The highest BCUT2D eigenvalue weighted by Gasteiger charge is 2.33. The Morgan fingerprint density at radius 1 is 1.53 bits per heavy atom. The zero-order valence-electron chi connectivity index (χ0n) is 9.19. The number of ketones is 1. The van der Waals surface area contributed by atoms with Crippen molar-refractivity contribution in [1.82, 2.24) is 4.90 Å². The first kappa shape index (κ1) is 12.1. The van der Waals surface area contributed by atoms with Gasteiger partial charge in [-0.05, 0) is 0 Å². The molecule has 0 N–H and O–H groups in total. The van der Waals surface area contributed by atoms with E-state index >= 15 is 0 Å². The van der Waals surface area contributed by atoms with E-state index in [0.29, 0.717) is 26.1 Å². The molecule has 1 heterocycles. The van der Waals surface area contributed by atoms with Crippen molar-refractivity contribution in [2.45, 2.75) is 6.42 Å². The van der Waals surface area contributed by atoms with Crippen LogP contribution in [0.15, 0.2) is 0 Å². The third-order valence-electron chi connectivity index (χ3n) is 2.60. The topological polar surface area (TPSA) is 55.8 Å². The lowest BCUT2D eigenvalue weighted by Gasteiger charge is -2.29. The predicted molar refractivity (Wildman–Crippen MR) is 53.4 cm³/mol. The Balaban J connectivity index is 2.48. The fourth-order valence-electron chi connectivity index (χ4n) is 1.67. The summed E-state index contributed by atoms with van der Waals surface area (Å²) in [5.41, 5.74) is 0. The minimum Gasteiger partial charge on any atom is -0.468 e. The Kier molecular flexibility index (Phi) is 4.71. The molecule has 1 atom stereocenters. The quantitative estimate of drug-likeness (QED) is 0.476. The molecule has 0 aromatic rings. The van der Waals surface area contributed by atoms with Gasteiger partial charge >= 0.3 is 5.97 Å². The van der Waals surface area contributed by atoms with E-state index in [4.69, 9.17) is 4.74 Å². The maximum atomic E-state index is 11.5. The van der Waals surface area contributed by atoms with Crippen molar-refractivity contribution in [3.05, 3.63) is 0 Å². The Labute approximate surface area is 89.3 Å². The molecule has 0 amide bonds. The molecule has 1 rings (SSSR count). The van der Waals surface area contributed by atoms with Gasteiger partial charge in [0.2, 0.25) is 0 Å². The molecule has 0 aromatic heterocycles. The number of rotatable bonds is 4. The lowest BCUT2D eigenvalue weighted by molar-refractivity contribution is -0.151. The van der Waals surface area contributed by atoms with E-state index in [2.05, 4.69) is 4.74 Å². The van der Waals surface area contributed by atoms with Crippen LogP contribution >= 0.6 is 0 Å². The number of likely N-dealkylation sites (tertiary alicyclic amines) is 1. The molecule has 5 nitrogen and oxygen atoms in total. The molecule has 0 radical (unpaired) electrons. The van der Waals surface area contributed by atoms with Gasteiger partial charge in [-0.2, -0.15) is 0 Å². The normalized spacial score (nSPS) is 22.8. The summed E-state index contributed by atoms with van der Waals surface area (Å²) in [6.45, 7) is 2.52. The van der Waals surface area contributed by atoms with Crippen LogP contribution in [0.25, 0.3) is 0 Å². The largest absolute Gasteiger partial charge is 0.468 e. The number of Topliss-reactive ketones (excluding diaryl/α,β-unsaturated/α-hetero) is 1. The van der Waals surface area contributed by atoms with Gasteiger partial charge in [0.1, 0.15) is 11.7 Å². The zero-order valence-corrected chi connectivity index (χ0v) is 9.19. The molecule has 15 heavy (non-hydrogen) atoms. The molecule has 1 fully saturated rings. The second-order valence-electron chi connectivity index (χ2n) is 3.59. The summed E-state index contributed by atoms with van der Waals surface area (Å²) in [5.74, 6) is -1.06. The molecular weight excluding hydrogens is 198 g/mol. The second kappa shape index (κ2) is 5.82. The number of piperidine rings is 1. The van der Waals surface area contributed by atoms with Crippen molar-refractivity contribution in [2.24, 2.45) is 5.92 Å². The summed E-state index contributed by atoms with van der Waals surface area (Å²) in [6.07, 6.45) is 0.420. The van der Waals surface area contributed by atoms with Crippen molar-refractivity contribution >= 4 is 11.8 Å². The van der Waals surface area contributed by atoms with Crippen LogP contribution in [0, 0.1) is 5.92 Å². The van der Waals surface area contributed by atoms with Gasteiger partial charge in [-0.15, -0.1) is 0 Å². The summed E-state index contributed by atoms with van der Waals surface area (Å²) >= 11 is 0. The van der Waals surface area contributed by atoms with Crippen molar-refractivity contribution in [3.63, 3.8) is 0 Å². The van der Waals surface area contributed by atoms with Crippen LogP contribution in [0.5, 0.6) is 0 Å². The average Bonchev–Trinajstić information content (AvgIpc) is 2.27. The van der Waals surface area contributed by atoms with Crippen molar-refractivity contribution < 1.29 is 19.1 Å². The fourth-order valence-corrected chi connectivity index (χ4v) is 1.67. The van der Waals surface area contributed by atoms with E-state index in [1.165, 1.54) is 7.11 Å². The Morgan fingerprint density at radius 3 is 2.87 bits per heavy atom. The summed E-state index contributed by atoms with van der Waals surface area (Å²) < 4.78 is 9.55. The van der Waals surface area contributed by atoms with Crippen LogP contribution in [0.3, 0.4) is 0 Å². The van der Waals surface area contributed by atoms with Crippen LogP contribution in [0.1, 0.15) is 6.42 Å². The number of ether oxygens (including phenoxy) is 2. The van der Waals surface area contributed by atoms with Gasteiger partial charge in [0.05, 0.1) is 13.7 Å². The van der Waals surface area contributed by atoms with Gasteiger partial charge in [0.15, 0.2) is 0 Å². The lowest BCUT2D eigenvalue weighted by Crippen LogP contribution is -2.45. The standard InChI is InChI=1S/C10H17NO4/c1-14-6-5-11-4-3-9(12)8(7-11)10(13)15-2/h8H,3-7H2,1-2H3. The number of esters is 1. The molecule has 86 valence electrons. The van der Waals surface area contributed by atoms with E-state index in [1.54, 1.807) is 7.11 Å². The minimum absolute atomic E-state index is 0.0180. The van der Waals surface area contributed by atoms with E-state index in [-0.39, 0.29) is 5.78 Å². The summed E-state index contributed by atoms with van der Waals surface area (Å²) in [5, 5.41) is 0. The third kappa shape index (κ3) is 3.28. The summed E-state index contributed by atoms with van der Waals surface area (Å²) in [7, 11) is 2.94. The van der Waals surface area contributed by atoms with Gasteiger partial charge in [0.25, 0.3) is 0 Å². The summed E-state index contributed by atoms with van der Waals surface area (Å²) in [6, 6.07) is 0. The maximum absolute atomic E-state index is 11.5. The van der Waals surface area contributed by atoms with Crippen LogP contribution in [0.2, 0.25) is 0 Å². The van der Waals surface area contributed by atoms with Crippen LogP contribution < -0.4 is 0 Å². The Hall–Kier alpha value is -0.940. The fraction of sp³-hybridized carbons (Fsp3) is 0.800. The number of hydrogen-bond donors (Lipinski definition) is 0. The minimum atomic E-state index is -0.611. The van der Waals surface area contributed by atoms with Gasteiger partial charge in [-0.25, -0.2) is 0 Å². The molecule has 0 aromatic carbocycles. The van der Waals surface area contributed by atoms with E-state index in [0.717, 1.165) is 6.54 Å². The Morgan fingerprint density at radius 2 is 2.27 bits per heavy atom. The molecule has 0 spiro atoms. The molecule has 0 aliphatic carbocycles. The lowest BCUT2D eigenvalue weighted by atomic mass is 9.97. The second-order valence-corrected chi connectivity index (χ2v) is 3.59. The average molecular weight is 215 g/mol. The SMILES string of the molecule is COCCN1CCC(=O)C(C(=O)OC)C1. The molecular formula is C10H17NO4. The predicted octanol–water partition coefficient (Wildman–Crippen LogP) is -0.303. The highest BCUT2D eigenvalue weighted by atomic mass is 16.5. The van der Waals surface area contributed by atoms with Gasteiger partial charge in [-0.1, -0.05) is 0 Å². The smallest absolute Gasteiger partial charge is 0.317 e. The van der Waals surface area contributed by atoms with E-state index in [9.17, 15) is 9.59 Å². The summed E-state index contributed by atoms with van der Waals surface area (Å²) in [4.78, 5) is 24.8. The first-order chi connectivity index (χ1) is 7.19. The van der Waals surface area contributed by atoms with Crippen LogP contribution in [0.4, 0.5) is 0 Å². The molecule has 1 aliphatic heterocycles. The van der Waals surface area contributed by atoms with Crippen LogP contribution in [-0.2, 0) is 19.1 Å². The number of carbonyl (C=O) groups is 2. The number of carbonyl (C=O) groups excluding carboxylic acids is 2. The van der Waals surface area contributed by atoms with Gasteiger partial charge < -0.3 is 9.47 Å². The molecule has 5 heteroatoms. The molecule has 0 saturated carbocycles. The highest BCUT2D eigenvalue weighted by Crippen LogP contribution is 2.13. The van der Waals surface area contributed by atoms with Crippen molar-refractivity contribution in [1.29, 1.82) is 0 Å². The third-order valence-corrected chi connectivity index (χ3v) is 2.60. The van der Waals surface area contributed by atoms with E-state index in [1.807, 2.05) is 4.90 Å². The van der Waals surface area contributed by atoms with E-state index < -0.39 is 11.9 Å². The highest BCUT2D eigenvalue weighted by molar-refractivity contribution is 5.99. The maximum Gasteiger partial charge on any atom is 0.317 e. The number of nitrogens with zero attached hydrogens (tertiary/aromatic N) is 1. The first-order valence-corrected chi connectivity index (χ1v) is 5.01. The van der Waals surface area contributed by atoms with Crippen LogP contribution in [-0.4, -0.2) is 57.1 Å².